The van der Waals surface area contributed by atoms with Gasteiger partial charge in [-0.3, -0.25) is 4.79 Å². The highest BCUT2D eigenvalue weighted by molar-refractivity contribution is 6.07. The van der Waals surface area contributed by atoms with E-state index in [0.29, 0.717) is 6.04 Å². The summed E-state index contributed by atoms with van der Waals surface area (Å²) in [6.45, 7) is 0.956. The van der Waals surface area contributed by atoms with Crippen LogP contribution in [0.1, 0.15) is 61.6 Å². The van der Waals surface area contributed by atoms with Crippen LogP contribution in [0.3, 0.4) is 0 Å². The lowest BCUT2D eigenvalue weighted by Gasteiger charge is -2.33. The number of hydrogen-bond donors (Lipinski definition) is 2. The number of unbranched alkanes of at least 4 members (excludes halogenated alkanes) is 1. The maximum Gasteiger partial charge on any atom is 0.235 e. The molecule has 3 heteroatoms. The summed E-state index contributed by atoms with van der Waals surface area (Å²) in [5.74, 6) is 0.240. The number of anilines is 1. The van der Waals surface area contributed by atoms with Crippen LogP contribution in [0.2, 0.25) is 0 Å². The Kier molecular flexibility index (Phi) is 5.01. The lowest BCUT2D eigenvalue weighted by Crippen LogP contribution is -2.37. The first-order valence-corrected chi connectivity index (χ1v) is 11.2. The molecule has 0 saturated heterocycles. The van der Waals surface area contributed by atoms with E-state index in [0.717, 1.165) is 50.8 Å². The summed E-state index contributed by atoms with van der Waals surface area (Å²) in [6, 6.07) is 17.7. The van der Waals surface area contributed by atoms with E-state index in [9.17, 15) is 4.79 Å². The summed E-state index contributed by atoms with van der Waals surface area (Å²) >= 11 is 0. The second kappa shape index (κ2) is 7.79. The molecule has 2 aromatic rings. The topological polar surface area (TPSA) is 41.1 Å². The minimum absolute atomic E-state index is 0.240. The van der Waals surface area contributed by atoms with Gasteiger partial charge in [-0.05, 0) is 66.9 Å². The fraction of sp³-hybridized carbons (Fsp3) is 0.423. The normalized spacial score (nSPS) is 25.3. The minimum atomic E-state index is -0.265. The number of hydrogen-bond acceptors (Lipinski definition) is 2. The van der Waals surface area contributed by atoms with E-state index in [1.165, 1.54) is 35.1 Å². The van der Waals surface area contributed by atoms with E-state index in [2.05, 4.69) is 65.2 Å². The van der Waals surface area contributed by atoms with Gasteiger partial charge in [-0.25, -0.2) is 0 Å². The highest BCUT2D eigenvalue weighted by Gasteiger charge is 2.48. The van der Waals surface area contributed by atoms with Crippen LogP contribution in [0.25, 0.3) is 5.57 Å². The average Bonchev–Trinajstić information content (AvgIpc) is 3.06. The Balaban J connectivity index is 1.20. The largest absolute Gasteiger partial charge is 0.325 e. The van der Waals surface area contributed by atoms with Crippen molar-refractivity contribution in [1.29, 1.82) is 0 Å². The Hall–Kier alpha value is -2.39. The van der Waals surface area contributed by atoms with E-state index in [1.54, 1.807) is 0 Å². The van der Waals surface area contributed by atoms with Crippen molar-refractivity contribution in [2.75, 3.05) is 11.9 Å². The minimum Gasteiger partial charge on any atom is -0.325 e. The summed E-state index contributed by atoms with van der Waals surface area (Å²) < 4.78 is 0. The molecule has 2 unspecified atom stereocenters. The van der Waals surface area contributed by atoms with Crippen LogP contribution in [0, 0.1) is 0 Å². The number of benzene rings is 2. The van der Waals surface area contributed by atoms with Gasteiger partial charge in [0.1, 0.15) is 0 Å². The summed E-state index contributed by atoms with van der Waals surface area (Å²) in [5.41, 5.74) is 6.33. The molecule has 0 fully saturated rings. The molecule has 1 amide bonds. The van der Waals surface area contributed by atoms with Crippen LogP contribution in [-0.4, -0.2) is 18.5 Å². The Morgan fingerprint density at radius 2 is 1.93 bits per heavy atom. The number of carbonyl (C=O) groups is 1. The summed E-state index contributed by atoms with van der Waals surface area (Å²) in [7, 11) is 0. The van der Waals surface area contributed by atoms with Crippen LogP contribution in [0.4, 0.5) is 5.69 Å². The molecule has 3 nitrogen and oxygen atoms in total. The van der Waals surface area contributed by atoms with Gasteiger partial charge in [0.05, 0.1) is 5.41 Å². The van der Waals surface area contributed by atoms with Gasteiger partial charge < -0.3 is 10.6 Å². The van der Waals surface area contributed by atoms with Crippen molar-refractivity contribution >= 4 is 17.2 Å². The molecule has 0 bridgehead atoms. The summed E-state index contributed by atoms with van der Waals surface area (Å²) in [5, 5.41) is 6.84. The SMILES string of the molecule is O=C1Nc2cccc3c2C1(CCCCC1CC(c2ccccc2)=CCN1)CCC3. The molecule has 0 radical (unpaired) electrons. The average molecular weight is 387 g/mol. The molecule has 2 aliphatic heterocycles. The predicted octanol–water partition coefficient (Wildman–Crippen LogP) is 5.22. The molecule has 3 aliphatic rings. The van der Waals surface area contributed by atoms with Crippen LogP contribution in [0.5, 0.6) is 0 Å². The van der Waals surface area contributed by atoms with E-state index in [4.69, 9.17) is 0 Å². The van der Waals surface area contributed by atoms with Crippen molar-refractivity contribution in [1.82, 2.24) is 5.32 Å². The van der Waals surface area contributed by atoms with Gasteiger partial charge in [0.2, 0.25) is 5.91 Å². The third kappa shape index (κ3) is 3.42. The third-order valence-electron chi connectivity index (χ3n) is 7.13. The molecular weight excluding hydrogens is 356 g/mol. The van der Waals surface area contributed by atoms with Crippen molar-refractivity contribution in [3.63, 3.8) is 0 Å². The van der Waals surface area contributed by atoms with Crippen molar-refractivity contribution in [2.45, 2.75) is 62.8 Å². The van der Waals surface area contributed by atoms with Crippen molar-refractivity contribution in [2.24, 2.45) is 0 Å². The number of rotatable bonds is 6. The lowest BCUT2D eigenvalue weighted by atomic mass is 9.68. The predicted molar refractivity (Wildman–Crippen MR) is 119 cm³/mol. The Morgan fingerprint density at radius 1 is 1.03 bits per heavy atom. The summed E-state index contributed by atoms with van der Waals surface area (Å²) in [6.07, 6.45) is 11.1. The molecule has 1 aliphatic carbocycles. The number of carbonyl (C=O) groups excluding carboxylic acids is 1. The molecule has 2 aromatic carbocycles. The zero-order valence-electron chi connectivity index (χ0n) is 17.0. The molecule has 5 rings (SSSR count). The highest BCUT2D eigenvalue weighted by atomic mass is 16.2. The zero-order valence-corrected chi connectivity index (χ0v) is 17.0. The van der Waals surface area contributed by atoms with Gasteiger partial charge in [-0.15, -0.1) is 0 Å². The fourth-order valence-electron chi connectivity index (χ4n) is 5.70. The standard InChI is InChI=1S/C26H30N2O/c29-25-26(16-7-11-20-10-6-13-23(28-25)24(20)26)15-5-4-12-22-18-21(14-17-27-22)19-8-2-1-3-9-19/h1-3,6,8-10,13-14,22,27H,4-5,7,11-12,15-18H2,(H,28,29). The molecule has 0 aromatic heterocycles. The summed E-state index contributed by atoms with van der Waals surface area (Å²) in [4.78, 5) is 12.9. The van der Waals surface area contributed by atoms with Gasteiger partial charge in [0, 0.05) is 18.3 Å². The quantitative estimate of drug-likeness (QED) is 0.669. The first-order chi connectivity index (χ1) is 14.3. The van der Waals surface area contributed by atoms with E-state index in [-0.39, 0.29) is 11.3 Å². The first-order valence-electron chi connectivity index (χ1n) is 11.2. The van der Waals surface area contributed by atoms with Gasteiger partial charge >= 0.3 is 0 Å². The van der Waals surface area contributed by atoms with Crippen LogP contribution in [0.15, 0.2) is 54.6 Å². The zero-order chi connectivity index (χ0) is 19.7. The molecule has 29 heavy (non-hydrogen) atoms. The van der Waals surface area contributed by atoms with E-state index < -0.39 is 0 Å². The first kappa shape index (κ1) is 18.6. The van der Waals surface area contributed by atoms with Crippen molar-refractivity contribution in [3.8, 4) is 0 Å². The molecule has 0 saturated carbocycles. The molecule has 2 atom stereocenters. The Morgan fingerprint density at radius 3 is 2.83 bits per heavy atom. The molecule has 0 spiro atoms. The Bertz CT molecular complexity index is 933. The third-order valence-corrected chi connectivity index (χ3v) is 7.13. The second-order valence-electron chi connectivity index (χ2n) is 8.88. The number of nitrogens with one attached hydrogen (secondary N) is 2. The van der Waals surface area contributed by atoms with Crippen LogP contribution in [-0.2, 0) is 16.6 Å². The molecular formula is C26H30N2O. The number of amides is 1. The van der Waals surface area contributed by atoms with Gasteiger partial charge in [-0.2, -0.15) is 0 Å². The maximum atomic E-state index is 12.9. The monoisotopic (exact) mass is 386 g/mol. The smallest absolute Gasteiger partial charge is 0.235 e. The van der Waals surface area contributed by atoms with Crippen molar-refractivity contribution < 1.29 is 4.79 Å². The Labute approximate surface area is 173 Å². The maximum absolute atomic E-state index is 12.9. The fourth-order valence-corrected chi connectivity index (χ4v) is 5.70. The van der Waals surface area contributed by atoms with Crippen LogP contribution < -0.4 is 10.6 Å². The van der Waals surface area contributed by atoms with Gasteiger partial charge in [-0.1, -0.05) is 61.4 Å². The molecule has 2 heterocycles. The molecule has 2 N–H and O–H groups in total. The van der Waals surface area contributed by atoms with E-state index in [1.807, 2.05) is 0 Å². The number of aryl methyl sites for hydroxylation is 1. The second-order valence-corrected chi connectivity index (χ2v) is 8.88. The van der Waals surface area contributed by atoms with Gasteiger partial charge in [0.25, 0.3) is 0 Å². The lowest BCUT2D eigenvalue weighted by molar-refractivity contribution is -0.121. The molecule has 150 valence electrons. The van der Waals surface area contributed by atoms with E-state index >= 15 is 0 Å². The van der Waals surface area contributed by atoms with Crippen LogP contribution >= 0.6 is 0 Å². The van der Waals surface area contributed by atoms with Gasteiger partial charge in [0.15, 0.2) is 0 Å². The van der Waals surface area contributed by atoms with Crippen molar-refractivity contribution in [3.05, 3.63) is 71.3 Å². The highest BCUT2D eigenvalue weighted by Crippen LogP contribution is 2.49.